The van der Waals surface area contributed by atoms with Crippen molar-refractivity contribution in [3.05, 3.63) is 34.9 Å². The molecule has 108 valence electrons. The lowest BCUT2D eigenvalue weighted by Gasteiger charge is -2.19. The van der Waals surface area contributed by atoms with Crippen LogP contribution in [-0.2, 0) is 6.42 Å². The van der Waals surface area contributed by atoms with Crippen molar-refractivity contribution in [3.8, 4) is 11.4 Å². The van der Waals surface area contributed by atoms with Crippen LogP contribution in [0.4, 0.5) is 4.39 Å². The summed E-state index contributed by atoms with van der Waals surface area (Å²) < 4.78 is 18.3. The second-order valence-corrected chi connectivity index (χ2v) is 5.97. The lowest BCUT2D eigenvalue weighted by atomic mass is 10.1. The van der Waals surface area contributed by atoms with Crippen LogP contribution < -0.4 is 5.32 Å². The van der Waals surface area contributed by atoms with Crippen molar-refractivity contribution in [2.45, 2.75) is 32.7 Å². The van der Waals surface area contributed by atoms with E-state index in [0.717, 1.165) is 6.54 Å². The molecule has 0 atom stereocenters. The highest BCUT2D eigenvalue weighted by atomic mass is 35.5. The molecule has 0 spiro atoms. The van der Waals surface area contributed by atoms with Gasteiger partial charge in [-0.25, -0.2) is 4.39 Å². The number of nitrogens with zero attached hydrogens (tertiary/aromatic N) is 2. The number of benzene rings is 1. The summed E-state index contributed by atoms with van der Waals surface area (Å²) in [6.45, 7) is 7.02. The molecular formula is C14H17ClFN3O. The Morgan fingerprint density at radius 3 is 2.75 bits per heavy atom. The monoisotopic (exact) mass is 297 g/mol. The van der Waals surface area contributed by atoms with E-state index in [1.54, 1.807) is 6.07 Å². The summed E-state index contributed by atoms with van der Waals surface area (Å²) in [5.74, 6) is 0.489. The Morgan fingerprint density at radius 2 is 2.10 bits per heavy atom. The van der Waals surface area contributed by atoms with Gasteiger partial charge < -0.3 is 9.84 Å². The van der Waals surface area contributed by atoms with Crippen LogP contribution in [-0.4, -0.2) is 22.2 Å². The predicted octanol–water partition coefficient (Wildman–Crippen LogP) is 3.46. The van der Waals surface area contributed by atoms with E-state index in [2.05, 4.69) is 36.2 Å². The van der Waals surface area contributed by atoms with Crippen LogP contribution >= 0.6 is 11.6 Å². The number of hydrogen-bond donors (Lipinski definition) is 1. The zero-order valence-corrected chi connectivity index (χ0v) is 12.5. The summed E-state index contributed by atoms with van der Waals surface area (Å²) in [7, 11) is 0. The zero-order chi connectivity index (χ0) is 14.8. The van der Waals surface area contributed by atoms with Crippen molar-refractivity contribution < 1.29 is 8.91 Å². The first-order chi connectivity index (χ1) is 9.35. The van der Waals surface area contributed by atoms with Crippen LogP contribution in [0, 0.1) is 5.82 Å². The van der Waals surface area contributed by atoms with Gasteiger partial charge in [-0.05, 0) is 39.0 Å². The van der Waals surface area contributed by atoms with Crippen molar-refractivity contribution >= 4 is 11.6 Å². The SMILES string of the molecule is CC(C)(C)NCCc1nc(-c2ccc(F)c(Cl)c2)no1. The van der Waals surface area contributed by atoms with Gasteiger partial charge >= 0.3 is 0 Å². The fourth-order valence-corrected chi connectivity index (χ4v) is 1.83. The van der Waals surface area contributed by atoms with Gasteiger partial charge in [0.25, 0.3) is 0 Å². The van der Waals surface area contributed by atoms with Gasteiger partial charge in [0.05, 0.1) is 5.02 Å². The molecule has 0 amide bonds. The van der Waals surface area contributed by atoms with E-state index in [9.17, 15) is 4.39 Å². The lowest BCUT2D eigenvalue weighted by Crippen LogP contribution is -2.37. The summed E-state index contributed by atoms with van der Waals surface area (Å²) in [6, 6.07) is 4.34. The van der Waals surface area contributed by atoms with Gasteiger partial charge in [-0.15, -0.1) is 0 Å². The maximum absolute atomic E-state index is 13.1. The average Bonchev–Trinajstić information content (AvgIpc) is 2.80. The van der Waals surface area contributed by atoms with Gasteiger partial charge in [0.2, 0.25) is 11.7 Å². The number of rotatable bonds is 4. The maximum Gasteiger partial charge on any atom is 0.228 e. The third-order valence-corrected chi connectivity index (χ3v) is 2.93. The van der Waals surface area contributed by atoms with Gasteiger partial charge in [0, 0.05) is 24.1 Å². The highest BCUT2D eigenvalue weighted by Gasteiger charge is 2.12. The summed E-state index contributed by atoms with van der Waals surface area (Å²) in [5, 5.41) is 7.26. The predicted molar refractivity (Wildman–Crippen MR) is 76.2 cm³/mol. The molecule has 1 aromatic heterocycles. The van der Waals surface area contributed by atoms with E-state index in [0.29, 0.717) is 23.7 Å². The molecule has 0 saturated heterocycles. The van der Waals surface area contributed by atoms with Crippen LogP contribution in [0.25, 0.3) is 11.4 Å². The maximum atomic E-state index is 13.1. The Hall–Kier alpha value is -1.46. The van der Waals surface area contributed by atoms with Crippen molar-refractivity contribution in [2.75, 3.05) is 6.54 Å². The number of aromatic nitrogens is 2. The normalized spacial score (nSPS) is 11.8. The third kappa shape index (κ3) is 4.02. The minimum Gasteiger partial charge on any atom is -0.339 e. The zero-order valence-electron chi connectivity index (χ0n) is 11.7. The van der Waals surface area contributed by atoms with Crippen LogP contribution in [0.3, 0.4) is 0 Å². The molecule has 0 aliphatic heterocycles. The minimum absolute atomic E-state index is 0.0447. The van der Waals surface area contributed by atoms with Gasteiger partial charge in [-0.1, -0.05) is 16.8 Å². The minimum atomic E-state index is -0.464. The Balaban J connectivity index is 2.03. The van der Waals surface area contributed by atoms with Crippen LogP contribution in [0.2, 0.25) is 5.02 Å². The highest BCUT2D eigenvalue weighted by Crippen LogP contribution is 2.22. The molecule has 1 N–H and O–H groups in total. The molecule has 0 bridgehead atoms. The van der Waals surface area contributed by atoms with Gasteiger partial charge in [-0.3, -0.25) is 0 Å². The quantitative estimate of drug-likeness (QED) is 0.939. The first-order valence-electron chi connectivity index (χ1n) is 6.38. The Bertz CT molecular complexity index is 592. The highest BCUT2D eigenvalue weighted by molar-refractivity contribution is 6.31. The standard InChI is InChI=1S/C14H17ClFN3O/c1-14(2,3)17-7-6-12-18-13(19-20-12)9-4-5-11(16)10(15)8-9/h4-5,8,17H,6-7H2,1-3H3. The first kappa shape index (κ1) is 14.9. The Kier molecular flexibility index (Phi) is 4.40. The van der Waals surface area contributed by atoms with E-state index < -0.39 is 5.82 Å². The fourth-order valence-electron chi connectivity index (χ4n) is 1.65. The average molecular weight is 298 g/mol. The summed E-state index contributed by atoms with van der Waals surface area (Å²) >= 11 is 5.73. The van der Waals surface area contributed by atoms with Gasteiger partial charge in [0.1, 0.15) is 5.82 Å². The second kappa shape index (κ2) is 5.89. The van der Waals surface area contributed by atoms with Crippen molar-refractivity contribution in [3.63, 3.8) is 0 Å². The molecule has 6 heteroatoms. The van der Waals surface area contributed by atoms with E-state index in [-0.39, 0.29) is 10.6 Å². The molecule has 1 aromatic carbocycles. The van der Waals surface area contributed by atoms with E-state index in [1.165, 1.54) is 12.1 Å². The fraction of sp³-hybridized carbons (Fsp3) is 0.429. The molecule has 0 fully saturated rings. The molecule has 20 heavy (non-hydrogen) atoms. The van der Waals surface area contributed by atoms with Crippen molar-refractivity contribution in [2.24, 2.45) is 0 Å². The van der Waals surface area contributed by atoms with Gasteiger partial charge in [0.15, 0.2) is 0 Å². The Labute approximate surface area is 122 Å². The number of hydrogen-bond acceptors (Lipinski definition) is 4. The van der Waals surface area contributed by atoms with Crippen LogP contribution in [0.15, 0.2) is 22.7 Å². The van der Waals surface area contributed by atoms with Crippen molar-refractivity contribution in [1.82, 2.24) is 15.5 Å². The molecule has 0 aliphatic rings. The topological polar surface area (TPSA) is 51.0 Å². The molecule has 4 nitrogen and oxygen atoms in total. The molecule has 0 saturated carbocycles. The summed E-state index contributed by atoms with van der Waals surface area (Å²) in [6.07, 6.45) is 0.638. The molecule has 2 rings (SSSR count). The van der Waals surface area contributed by atoms with E-state index in [1.807, 2.05) is 0 Å². The molecule has 2 aromatic rings. The number of halogens is 2. The largest absolute Gasteiger partial charge is 0.339 e. The molecule has 0 unspecified atom stereocenters. The molecular weight excluding hydrogens is 281 g/mol. The lowest BCUT2D eigenvalue weighted by molar-refractivity contribution is 0.362. The third-order valence-electron chi connectivity index (χ3n) is 2.64. The van der Waals surface area contributed by atoms with Crippen LogP contribution in [0.5, 0.6) is 0 Å². The molecule has 1 heterocycles. The van der Waals surface area contributed by atoms with Gasteiger partial charge in [-0.2, -0.15) is 4.98 Å². The second-order valence-electron chi connectivity index (χ2n) is 5.57. The molecule has 0 radical (unpaired) electrons. The van der Waals surface area contributed by atoms with Crippen LogP contribution in [0.1, 0.15) is 26.7 Å². The smallest absolute Gasteiger partial charge is 0.228 e. The number of nitrogens with one attached hydrogen (secondary N) is 1. The Morgan fingerprint density at radius 1 is 1.35 bits per heavy atom. The summed E-state index contributed by atoms with van der Waals surface area (Å²) in [5.41, 5.74) is 0.683. The molecule has 0 aliphatic carbocycles. The van der Waals surface area contributed by atoms with E-state index in [4.69, 9.17) is 16.1 Å². The van der Waals surface area contributed by atoms with E-state index >= 15 is 0 Å². The first-order valence-corrected chi connectivity index (χ1v) is 6.76. The van der Waals surface area contributed by atoms with Crippen molar-refractivity contribution in [1.29, 1.82) is 0 Å². The summed E-state index contributed by atoms with van der Waals surface area (Å²) in [4.78, 5) is 4.27.